The van der Waals surface area contributed by atoms with Crippen molar-refractivity contribution in [2.45, 2.75) is 13.3 Å². The monoisotopic (exact) mass is 270 g/mol. The van der Waals surface area contributed by atoms with Gasteiger partial charge in [0, 0.05) is 5.92 Å². The summed E-state index contributed by atoms with van der Waals surface area (Å²) in [6, 6.07) is 4.16. The maximum atomic E-state index is 11.7. The Hall–Kier alpha value is -1.59. The predicted octanol–water partition coefficient (Wildman–Crippen LogP) is 1.96. The Labute approximate surface area is 110 Å². The van der Waals surface area contributed by atoms with E-state index < -0.39 is 5.97 Å². The van der Waals surface area contributed by atoms with Crippen molar-refractivity contribution < 1.29 is 14.7 Å². The molecule has 0 aliphatic carbocycles. The van der Waals surface area contributed by atoms with Crippen molar-refractivity contribution in [1.29, 1.82) is 0 Å². The Morgan fingerprint density at radius 1 is 1.50 bits per heavy atom. The first kappa shape index (κ1) is 14.5. The lowest BCUT2D eigenvalue weighted by Gasteiger charge is -2.12. The van der Waals surface area contributed by atoms with Crippen molar-refractivity contribution in [3.63, 3.8) is 0 Å². The average molecular weight is 271 g/mol. The molecule has 0 radical (unpaired) electrons. The number of aromatic carboxylic acids is 1. The molecule has 6 heteroatoms. The number of rotatable bonds is 5. The van der Waals surface area contributed by atoms with Gasteiger partial charge in [-0.05, 0) is 31.2 Å². The predicted molar refractivity (Wildman–Crippen MR) is 69.9 cm³/mol. The van der Waals surface area contributed by atoms with Crippen LogP contribution < -0.4 is 11.1 Å². The van der Waals surface area contributed by atoms with Gasteiger partial charge in [-0.15, -0.1) is 0 Å². The summed E-state index contributed by atoms with van der Waals surface area (Å²) >= 11 is 5.90. The highest BCUT2D eigenvalue weighted by Gasteiger charge is 2.14. The second-order valence-electron chi connectivity index (χ2n) is 3.97. The highest BCUT2D eigenvalue weighted by atomic mass is 35.5. The SMILES string of the molecule is CC(CCN)C(=O)Nc1ccc(C(=O)O)cc1Cl. The van der Waals surface area contributed by atoms with Gasteiger partial charge in [0.1, 0.15) is 0 Å². The summed E-state index contributed by atoms with van der Waals surface area (Å²) in [6.07, 6.45) is 0.580. The fourth-order valence-corrected chi connectivity index (χ4v) is 1.61. The topological polar surface area (TPSA) is 92.4 Å². The Kier molecular flexibility index (Phi) is 5.12. The minimum Gasteiger partial charge on any atom is -0.478 e. The molecule has 5 nitrogen and oxygen atoms in total. The molecule has 0 saturated heterocycles. The van der Waals surface area contributed by atoms with Crippen LogP contribution in [0.3, 0.4) is 0 Å². The van der Waals surface area contributed by atoms with Crippen LogP contribution in [0, 0.1) is 5.92 Å². The van der Waals surface area contributed by atoms with E-state index in [0.29, 0.717) is 18.7 Å². The molecule has 1 unspecified atom stereocenters. The number of nitrogens with one attached hydrogen (secondary N) is 1. The quantitative estimate of drug-likeness (QED) is 0.762. The molecule has 0 aliphatic heterocycles. The first-order valence-electron chi connectivity index (χ1n) is 5.49. The molecule has 1 atom stereocenters. The van der Waals surface area contributed by atoms with E-state index >= 15 is 0 Å². The van der Waals surface area contributed by atoms with Gasteiger partial charge in [-0.3, -0.25) is 4.79 Å². The van der Waals surface area contributed by atoms with Crippen molar-refractivity contribution >= 4 is 29.2 Å². The van der Waals surface area contributed by atoms with Gasteiger partial charge in [0.15, 0.2) is 0 Å². The molecular weight excluding hydrogens is 256 g/mol. The molecule has 0 spiro atoms. The molecule has 1 amide bonds. The van der Waals surface area contributed by atoms with Crippen LogP contribution in [0.1, 0.15) is 23.7 Å². The van der Waals surface area contributed by atoms with Crippen LogP contribution >= 0.6 is 11.6 Å². The third-order valence-corrected chi connectivity index (χ3v) is 2.83. The van der Waals surface area contributed by atoms with Gasteiger partial charge in [0.25, 0.3) is 0 Å². The maximum Gasteiger partial charge on any atom is 0.335 e. The van der Waals surface area contributed by atoms with Gasteiger partial charge >= 0.3 is 5.97 Å². The summed E-state index contributed by atoms with van der Waals surface area (Å²) in [5.41, 5.74) is 5.85. The molecule has 0 fully saturated rings. The van der Waals surface area contributed by atoms with Crippen molar-refractivity contribution in [1.82, 2.24) is 0 Å². The maximum absolute atomic E-state index is 11.7. The van der Waals surface area contributed by atoms with Crippen molar-refractivity contribution in [2.24, 2.45) is 11.7 Å². The molecule has 98 valence electrons. The number of amides is 1. The third-order valence-electron chi connectivity index (χ3n) is 2.52. The number of halogens is 1. The molecule has 0 bridgehead atoms. The summed E-state index contributed by atoms with van der Waals surface area (Å²) < 4.78 is 0. The molecule has 1 rings (SSSR count). The van der Waals surface area contributed by atoms with Crippen molar-refractivity contribution in [2.75, 3.05) is 11.9 Å². The lowest BCUT2D eigenvalue weighted by atomic mass is 10.1. The smallest absolute Gasteiger partial charge is 0.335 e. The van der Waals surface area contributed by atoms with Crippen LogP contribution in [0.4, 0.5) is 5.69 Å². The van der Waals surface area contributed by atoms with E-state index in [1.54, 1.807) is 6.92 Å². The summed E-state index contributed by atoms with van der Waals surface area (Å²) in [5.74, 6) is -1.47. The summed E-state index contributed by atoms with van der Waals surface area (Å²) in [5, 5.41) is 11.6. The van der Waals surface area contributed by atoms with Crippen LogP contribution in [-0.2, 0) is 4.79 Å². The first-order chi connectivity index (χ1) is 8.45. The molecule has 0 saturated carbocycles. The molecule has 1 aromatic carbocycles. The van der Waals surface area contributed by atoms with Crippen LogP contribution in [-0.4, -0.2) is 23.5 Å². The highest BCUT2D eigenvalue weighted by molar-refractivity contribution is 6.34. The zero-order valence-corrected chi connectivity index (χ0v) is 10.7. The molecule has 0 aromatic heterocycles. The molecule has 1 aromatic rings. The second-order valence-corrected chi connectivity index (χ2v) is 4.37. The number of hydrogen-bond donors (Lipinski definition) is 3. The Bertz CT molecular complexity index is 463. The zero-order valence-electron chi connectivity index (χ0n) is 9.94. The number of benzene rings is 1. The molecule has 18 heavy (non-hydrogen) atoms. The number of carbonyl (C=O) groups excluding carboxylic acids is 1. The molecule has 0 aliphatic rings. The van der Waals surface area contributed by atoms with Gasteiger partial charge < -0.3 is 16.2 Å². The molecule has 0 heterocycles. The van der Waals surface area contributed by atoms with Crippen LogP contribution in [0.25, 0.3) is 0 Å². The molecular formula is C12H15ClN2O3. The van der Waals surface area contributed by atoms with E-state index in [1.165, 1.54) is 18.2 Å². The van der Waals surface area contributed by atoms with Gasteiger partial charge in [-0.2, -0.15) is 0 Å². The minimum absolute atomic E-state index is 0.0769. The van der Waals surface area contributed by atoms with E-state index in [1.807, 2.05) is 0 Å². The van der Waals surface area contributed by atoms with Crippen LogP contribution in [0.2, 0.25) is 5.02 Å². The minimum atomic E-state index is -1.06. The van der Waals surface area contributed by atoms with E-state index in [4.69, 9.17) is 22.4 Å². The number of hydrogen-bond acceptors (Lipinski definition) is 3. The van der Waals surface area contributed by atoms with E-state index in [2.05, 4.69) is 5.32 Å². The van der Waals surface area contributed by atoms with Crippen LogP contribution in [0.15, 0.2) is 18.2 Å². The number of carbonyl (C=O) groups is 2. The second kappa shape index (κ2) is 6.37. The first-order valence-corrected chi connectivity index (χ1v) is 5.87. The largest absolute Gasteiger partial charge is 0.478 e. The van der Waals surface area contributed by atoms with E-state index in [9.17, 15) is 9.59 Å². The number of nitrogens with two attached hydrogens (primary N) is 1. The van der Waals surface area contributed by atoms with Gasteiger partial charge in [-0.1, -0.05) is 18.5 Å². The highest BCUT2D eigenvalue weighted by Crippen LogP contribution is 2.23. The number of carboxylic acid groups (broad SMARTS) is 1. The van der Waals surface area contributed by atoms with Gasteiger partial charge in [0.2, 0.25) is 5.91 Å². The standard InChI is InChI=1S/C12H15ClN2O3/c1-7(4-5-14)11(16)15-10-3-2-8(12(17)18)6-9(10)13/h2-3,6-7H,4-5,14H2,1H3,(H,15,16)(H,17,18). The van der Waals surface area contributed by atoms with Gasteiger partial charge in [-0.25, -0.2) is 4.79 Å². The Balaban J connectivity index is 2.79. The summed E-state index contributed by atoms with van der Waals surface area (Å²) in [6.45, 7) is 2.20. The van der Waals surface area contributed by atoms with Gasteiger partial charge in [0.05, 0.1) is 16.3 Å². The van der Waals surface area contributed by atoms with Crippen molar-refractivity contribution in [3.8, 4) is 0 Å². The van der Waals surface area contributed by atoms with E-state index in [-0.39, 0.29) is 22.4 Å². The Morgan fingerprint density at radius 2 is 2.17 bits per heavy atom. The average Bonchev–Trinajstić information content (AvgIpc) is 2.31. The van der Waals surface area contributed by atoms with Crippen LogP contribution in [0.5, 0.6) is 0 Å². The fraction of sp³-hybridized carbons (Fsp3) is 0.333. The Morgan fingerprint density at radius 3 is 2.67 bits per heavy atom. The normalized spacial score (nSPS) is 11.9. The lowest BCUT2D eigenvalue weighted by molar-refractivity contribution is -0.119. The molecule has 4 N–H and O–H groups in total. The fourth-order valence-electron chi connectivity index (χ4n) is 1.39. The van der Waals surface area contributed by atoms with E-state index in [0.717, 1.165) is 0 Å². The number of anilines is 1. The zero-order chi connectivity index (χ0) is 13.7. The summed E-state index contributed by atoms with van der Waals surface area (Å²) in [4.78, 5) is 22.5. The lowest BCUT2D eigenvalue weighted by Crippen LogP contribution is -2.22. The summed E-state index contributed by atoms with van der Waals surface area (Å²) in [7, 11) is 0. The third kappa shape index (κ3) is 3.72. The number of carboxylic acids is 1. The van der Waals surface area contributed by atoms with Crippen molar-refractivity contribution in [3.05, 3.63) is 28.8 Å².